The van der Waals surface area contributed by atoms with Crippen LogP contribution in [-0.4, -0.2) is 69.4 Å². The van der Waals surface area contributed by atoms with E-state index in [-0.39, 0.29) is 11.7 Å². The maximum atomic E-state index is 13.4. The Morgan fingerprint density at radius 2 is 2.03 bits per heavy atom. The highest BCUT2D eigenvalue weighted by atomic mass is 35.5. The molecule has 0 spiro atoms. The molecule has 0 aromatic carbocycles. The first-order valence-electron chi connectivity index (χ1n) is 11.0. The fourth-order valence-corrected chi connectivity index (χ4v) is 5.44. The molecular formula is C21H27ClF3N7S2. The fraction of sp³-hybridized carbons (Fsp3) is 0.571. The van der Waals surface area contributed by atoms with Gasteiger partial charge >= 0.3 is 0 Å². The lowest BCUT2D eigenvalue weighted by Gasteiger charge is -2.32. The first-order chi connectivity index (χ1) is 16.6. The van der Waals surface area contributed by atoms with Crippen molar-refractivity contribution in [1.29, 1.82) is 0 Å². The van der Waals surface area contributed by atoms with Crippen LogP contribution in [0.1, 0.15) is 30.0 Å². The zero-order valence-corrected chi connectivity index (χ0v) is 21.1. The van der Waals surface area contributed by atoms with Gasteiger partial charge in [-0.3, -0.25) is 4.72 Å². The molecule has 2 aliphatic heterocycles. The lowest BCUT2D eigenvalue weighted by Crippen LogP contribution is -2.43. The van der Waals surface area contributed by atoms with Crippen LogP contribution in [0.5, 0.6) is 0 Å². The molecule has 0 atom stereocenters. The van der Waals surface area contributed by atoms with Gasteiger partial charge in [-0.25, -0.2) is 18.2 Å². The van der Waals surface area contributed by atoms with Crippen LogP contribution in [0.3, 0.4) is 0 Å². The van der Waals surface area contributed by atoms with Crippen LogP contribution < -0.4 is 10.0 Å². The lowest BCUT2D eigenvalue weighted by molar-refractivity contribution is 0.150. The number of allylic oxidation sites excluding steroid dienone is 3. The van der Waals surface area contributed by atoms with E-state index in [0.717, 1.165) is 66.7 Å². The van der Waals surface area contributed by atoms with Gasteiger partial charge in [-0.15, -0.1) is 21.8 Å². The van der Waals surface area contributed by atoms with E-state index in [4.69, 9.17) is 0 Å². The molecule has 3 aliphatic rings. The van der Waals surface area contributed by atoms with Crippen LogP contribution >= 0.6 is 34.9 Å². The Balaban J connectivity index is 0.00000133. The Labute approximate surface area is 210 Å². The van der Waals surface area contributed by atoms with E-state index in [9.17, 15) is 13.2 Å². The first-order valence-corrected chi connectivity index (χ1v) is 13.4. The van der Waals surface area contributed by atoms with E-state index in [1.165, 1.54) is 18.3 Å². The molecule has 5 rings (SSSR count). The molecule has 34 heavy (non-hydrogen) atoms. The summed E-state index contributed by atoms with van der Waals surface area (Å²) in [5, 5.41) is 11.0. The highest BCUT2D eigenvalue weighted by Crippen LogP contribution is 2.39. The third kappa shape index (κ3) is 5.78. The van der Waals surface area contributed by atoms with E-state index < -0.39 is 12.0 Å². The highest BCUT2D eigenvalue weighted by Gasteiger charge is 2.43. The van der Waals surface area contributed by atoms with Crippen LogP contribution in [0.2, 0.25) is 0 Å². The van der Waals surface area contributed by atoms with Gasteiger partial charge in [0.25, 0.3) is 6.43 Å². The number of fused-ring (bicyclic) bond motifs is 1. The second-order valence-corrected chi connectivity index (χ2v) is 10.1. The number of hydrogen-bond donors (Lipinski definition) is 2. The average molecular weight is 534 g/mol. The van der Waals surface area contributed by atoms with Crippen molar-refractivity contribution < 1.29 is 13.2 Å². The average Bonchev–Trinajstić information content (AvgIpc) is 3.28. The predicted molar refractivity (Wildman–Crippen MR) is 131 cm³/mol. The SMILES string of the molecule is CCl.FCC1(NSC2=CCn3c(cnc3-c3nnc(C(F)F)s3)C/C(N3CCNCC3)=C\2)CC1. The summed E-state index contributed by atoms with van der Waals surface area (Å²) in [5.41, 5.74) is 1.75. The van der Waals surface area contributed by atoms with Crippen molar-refractivity contribution in [2.45, 2.75) is 37.8 Å². The van der Waals surface area contributed by atoms with Gasteiger partial charge in [0.1, 0.15) is 6.67 Å². The topological polar surface area (TPSA) is 70.9 Å². The molecule has 0 radical (unpaired) electrons. The van der Waals surface area contributed by atoms with Gasteiger partial charge in [0.15, 0.2) is 15.8 Å². The van der Waals surface area contributed by atoms with Crippen molar-refractivity contribution in [2.75, 3.05) is 39.2 Å². The van der Waals surface area contributed by atoms with Gasteiger partial charge in [-0.2, -0.15) is 0 Å². The Morgan fingerprint density at radius 3 is 2.68 bits per heavy atom. The summed E-state index contributed by atoms with van der Waals surface area (Å²) in [6.45, 7) is 3.78. The molecule has 13 heteroatoms. The minimum absolute atomic E-state index is 0.304. The minimum Gasteiger partial charge on any atom is -0.372 e. The molecule has 0 unspecified atom stereocenters. The summed E-state index contributed by atoms with van der Waals surface area (Å²) in [5.74, 6) is 0.543. The van der Waals surface area contributed by atoms with Gasteiger partial charge in [0, 0.05) is 68.0 Å². The molecule has 4 heterocycles. The maximum absolute atomic E-state index is 13.4. The molecule has 1 aliphatic carbocycles. The van der Waals surface area contributed by atoms with Gasteiger partial charge < -0.3 is 14.8 Å². The molecule has 186 valence electrons. The molecule has 2 fully saturated rings. The molecule has 0 amide bonds. The molecule has 1 saturated carbocycles. The Morgan fingerprint density at radius 1 is 1.26 bits per heavy atom. The van der Waals surface area contributed by atoms with E-state index in [1.807, 2.05) is 4.57 Å². The number of nitrogens with one attached hydrogen (secondary N) is 2. The summed E-state index contributed by atoms with van der Waals surface area (Å²) in [6, 6.07) is 0. The number of piperazine rings is 1. The molecule has 7 nitrogen and oxygen atoms in total. The van der Waals surface area contributed by atoms with Gasteiger partial charge in [-0.1, -0.05) is 11.3 Å². The number of aromatic nitrogens is 4. The first kappa shape index (κ1) is 25.5. The summed E-state index contributed by atoms with van der Waals surface area (Å²) >= 11 is 6.97. The van der Waals surface area contributed by atoms with Crippen LogP contribution in [0, 0.1) is 0 Å². The quantitative estimate of drug-likeness (QED) is 0.409. The molecule has 2 aromatic rings. The zero-order valence-electron chi connectivity index (χ0n) is 18.7. The zero-order chi connectivity index (χ0) is 24.1. The van der Waals surface area contributed by atoms with E-state index >= 15 is 0 Å². The van der Waals surface area contributed by atoms with Crippen LogP contribution in [0.25, 0.3) is 10.8 Å². The molecule has 0 bridgehead atoms. The Bertz CT molecular complexity index is 1030. The number of nitrogens with zero attached hydrogens (tertiary/aromatic N) is 5. The highest BCUT2D eigenvalue weighted by molar-refractivity contribution is 8.01. The summed E-state index contributed by atoms with van der Waals surface area (Å²) < 4.78 is 44.7. The van der Waals surface area contributed by atoms with Gasteiger partial charge in [0.05, 0.1) is 5.54 Å². The predicted octanol–water partition coefficient (Wildman–Crippen LogP) is 4.16. The number of halogens is 4. The van der Waals surface area contributed by atoms with Gasteiger partial charge in [0.2, 0.25) is 0 Å². The van der Waals surface area contributed by atoms with Crippen molar-refractivity contribution in [2.24, 2.45) is 0 Å². The third-order valence-corrected chi connectivity index (χ3v) is 7.90. The third-order valence-electron chi connectivity index (χ3n) is 5.92. The van der Waals surface area contributed by atoms with Crippen LogP contribution in [0.4, 0.5) is 13.2 Å². The maximum Gasteiger partial charge on any atom is 0.291 e. The minimum atomic E-state index is -2.65. The van der Waals surface area contributed by atoms with Gasteiger partial charge in [-0.05, 0) is 36.9 Å². The summed E-state index contributed by atoms with van der Waals surface area (Å²) in [6.07, 6.45) is 7.21. The lowest BCUT2D eigenvalue weighted by atomic mass is 10.1. The second-order valence-electron chi connectivity index (χ2n) is 8.20. The van der Waals surface area contributed by atoms with Crippen LogP contribution in [-0.2, 0) is 13.0 Å². The molecule has 2 N–H and O–H groups in total. The Kier molecular flexibility index (Phi) is 8.57. The molecule has 1 saturated heterocycles. The van der Waals surface area contributed by atoms with E-state index in [0.29, 0.717) is 23.8 Å². The van der Waals surface area contributed by atoms with Crippen LogP contribution in [0.15, 0.2) is 29.0 Å². The van der Waals surface area contributed by atoms with Crippen molar-refractivity contribution in [3.8, 4) is 10.8 Å². The smallest absolute Gasteiger partial charge is 0.291 e. The molecule has 2 aromatic heterocycles. The fourth-order valence-electron chi connectivity index (χ4n) is 3.79. The Hall–Kier alpha value is -1.60. The van der Waals surface area contributed by atoms with Crippen molar-refractivity contribution >= 4 is 34.9 Å². The summed E-state index contributed by atoms with van der Waals surface area (Å²) in [4.78, 5) is 7.87. The normalized spacial score (nSPS) is 20.9. The van der Waals surface area contributed by atoms with Crippen molar-refractivity contribution in [3.05, 3.63) is 39.7 Å². The number of imidazole rings is 1. The monoisotopic (exact) mass is 533 g/mol. The standard InChI is InChI=1S/C20H24F3N7S2.CH3Cl/c21-12-20(2-3-20)28-32-15-1-6-30-14(9-13(10-15)29-7-4-24-5-8-29)11-25-17(30)19-27-26-18(31-19)16(22)23;1-2/h1,10-11,16,24,28H,2-9,12H2;1H3/b13-10+,15-1?;. The largest absolute Gasteiger partial charge is 0.372 e. The number of rotatable bonds is 7. The van der Waals surface area contributed by atoms with E-state index in [1.54, 1.807) is 6.20 Å². The summed E-state index contributed by atoms with van der Waals surface area (Å²) in [7, 11) is 0. The van der Waals surface area contributed by atoms with E-state index in [2.05, 4.69) is 53.9 Å². The van der Waals surface area contributed by atoms with Crippen molar-refractivity contribution in [1.82, 2.24) is 34.7 Å². The number of hydrogen-bond acceptors (Lipinski definition) is 8. The van der Waals surface area contributed by atoms with Crippen molar-refractivity contribution in [3.63, 3.8) is 0 Å². The number of alkyl halides is 4. The molecular weight excluding hydrogens is 507 g/mol. The second kappa shape index (κ2) is 11.4.